The van der Waals surface area contributed by atoms with Crippen molar-refractivity contribution in [2.24, 2.45) is 0 Å². The number of halogens is 3. The number of carbonyl (C=O) groups excluding carboxylic acids is 1. The minimum absolute atomic E-state index is 0.134. The van der Waals surface area contributed by atoms with E-state index >= 15 is 0 Å². The molecule has 5 heteroatoms. The predicted molar refractivity (Wildman–Crippen MR) is 100 cm³/mol. The standard InChI is InChI=1S/C22H22F3NO/c1-3-11-26-13-19(16-9-7-15(2)8-10-16)21(27)20(14-26)17-5-4-6-18(12-17)22(23,24)25/h4-10,12-13,20H,3,11,14H2,1-2H3. The summed E-state index contributed by atoms with van der Waals surface area (Å²) in [5.74, 6) is -0.745. The lowest BCUT2D eigenvalue weighted by atomic mass is 9.84. The van der Waals surface area contributed by atoms with Crippen LogP contribution in [0, 0.1) is 6.92 Å². The van der Waals surface area contributed by atoms with Crippen LogP contribution in [0.5, 0.6) is 0 Å². The Bertz CT molecular complexity index is 853. The van der Waals surface area contributed by atoms with Gasteiger partial charge in [-0.3, -0.25) is 4.79 Å². The fourth-order valence-electron chi connectivity index (χ4n) is 3.39. The highest BCUT2D eigenvalue weighted by Crippen LogP contribution is 2.35. The van der Waals surface area contributed by atoms with E-state index in [1.165, 1.54) is 6.07 Å². The van der Waals surface area contributed by atoms with E-state index in [1.807, 2.05) is 49.2 Å². The molecule has 0 radical (unpaired) electrons. The number of aryl methyl sites for hydroxylation is 1. The van der Waals surface area contributed by atoms with Gasteiger partial charge >= 0.3 is 6.18 Å². The molecule has 142 valence electrons. The average Bonchev–Trinajstić information content (AvgIpc) is 2.63. The Kier molecular flexibility index (Phi) is 5.40. The van der Waals surface area contributed by atoms with Crippen molar-refractivity contribution in [3.63, 3.8) is 0 Å². The Labute approximate surface area is 157 Å². The molecule has 1 aliphatic rings. The first-order valence-electron chi connectivity index (χ1n) is 9.04. The van der Waals surface area contributed by atoms with Crippen LogP contribution in [0.3, 0.4) is 0 Å². The molecule has 0 saturated heterocycles. The highest BCUT2D eigenvalue weighted by atomic mass is 19.4. The summed E-state index contributed by atoms with van der Waals surface area (Å²) in [4.78, 5) is 15.2. The third-order valence-electron chi connectivity index (χ3n) is 4.80. The van der Waals surface area contributed by atoms with Gasteiger partial charge in [0.2, 0.25) is 0 Å². The zero-order valence-electron chi connectivity index (χ0n) is 15.4. The molecule has 1 atom stereocenters. The third kappa shape index (κ3) is 4.24. The van der Waals surface area contributed by atoms with Gasteiger partial charge in [0, 0.05) is 24.9 Å². The fraction of sp³-hybridized carbons (Fsp3) is 0.318. The molecule has 2 nitrogen and oxygen atoms in total. The number of hydrogen-bond acceptors (Lipinski definition) is 2. The maximum absolute atomic E-state index is 13.1. The van der Waals surface area contributed by atoms with E-state index in [0.717, 1.165) is 36.2 Å². The average molecular weight is 373 g/mol. The van der Waals surface area contributed by atoms with Crippen molar-refractivity contribution in [3.05, 3.63) is 77.0 Å². The summed E-state index contributed by atoms with van der Waals surface area (Å²) >= 11 is 0. The van der Waals surface area contributed by atoms with Gasteiger partial charge in [-0.15, -0.1) is 0 Å². The van der Waals surface area contributed by atoms with E-state index in [2.05, 4.69) is 0 Å². The highest BCUT2D eigenvalue weighted by Gasteiger charge is 2.34. The van der Waals surface area contributed by atoms with Gasteiger partial charge in [0.25, 0.3) is 0 Å². The van der Waals surface area contributed by atoms with Crippen LogP contribution in [0.15, 0.2) is 54.7 Å². The fourth-order valence-corrected chi connectivity index (χ4v) is 3.39. The Balaban J connectivity index is 2.01. The number of ketones is 1. The van der Waals surface area contributed by atoms with Gasteiger partial charge in [-0.25, -0.2) is 0 Å². The van der Waals surface area contributed by atoms with Crippen molar-refractivity contribution in [1.82, 2.24) is 4.90 Å². The summed E-state index contributed by atoms with van der Waals surface area (Å²) in [6, 6.07) is 12.8. The van der Waals surface area contributed by atoms with Crippen molar-refractivity contribution < 1.29 is 18.0 Å². The zero-order valence-corrected chi connectivity index (χ0v) is 15.4. The number of nitrogens with zero attached hydrogens (tertiary/aromatic N) is 1. The summed E-state index contributed by atoms with van der Waals surface area (Å²) in [6.45, 7) is 5.15. The first-order valence-corrected chi connectivity index (χ1v) is 9.04. The molecule has 1 aliphatic heterocycles. The van der Waals surface area contributed by atoms with E-state index in [9.17, 15) is 18.0 Å². The van der Waals surface area contributed by atoms with Crippen LogP contribution in [-0.2, 0) is 11.0 Å². The number of hydrogen-bond donors (Lipinski definition) is 0. The van der Waals surface area contributed by atoms with Crippen LogP contribution in [0.4, 0.5) is 13.2 Å². The van der Waals surface area contributed by atoms with Crippen LogP contribution < -0.4 is 0 Å². The van der Waals surface area contributed by atoms with Crippen molar-refractivity contribution in [1.29, 1.82) is 0 Å². The topological polar surface area (TPSA) is 20.3 Å². The van der Waals surface area contributed by atoms with E-state index < -0.39 is 17.7 Å². The molecule has 0 amide bonds. The van der Waals surface area contributed by atoms with Gasteiger partial charge in [-0.05, 0) is 30.5 Å². The molecule has 0 saturated carbocycles. The largest absolute Gasteiger partial charge is 0.416 e. The SMILES string of the molecule is CCCN1C=C(c2ccc(C)cc2)C(=O)C(c2cccc(C(F)(F)F)c2)C1. The quantitative estimate of drug-likeness (QED) is 0.712. The maximum atomic E-state index is 13.1. The second kappa shape index (κ2) is 7.59. The Morgan fingerprint density at radius 3 is 2.44 bits per heavy atom. The van der Waals surface area contributed by atoms with E-state index in [-0.39, 0.29) is 5.78 Å². The molecular formula is C22H22F3NO. The third-order valence-corrected chi connectivity index (χ3v) is 4.80. The molecule has 2 aromatic rings. The van der Waals surface area contributed by atoms with Gasteiger partial charge in [-0.1, -0.05) is 55.0 Å². The minimum atomic E-state index is -4.42. The molecule has 1 heterocycles. The Morgan fingerprint density at radius 1 is 1.11 bits per heavy atom. The first kappa shape index (κ1) is 19.2. The number of rotatable bonds is 4. The van der Waals surface area contributed by atoms with Gasteiger partial charge in [0.15, 0.2) is 5.78 Å². The summed E-state index contributed by atoms with van der Waals surface area (Å²) in [7, 11) is 0. The minimum Gasteiger partial charge on any atom is -0.376 e. The summed E-state index contributed by atoms with van der Waals surface area (Å²) in [5.41, 5.74) is 2.12. The molecule has 3 rings (SSSR count). The van der Waals surface area contributed by atoms with Gasteiger partial charge in [-0.2, -0.15) is 13.2 Å². The molecule has 0 aromatic heterocycles. The van der Waals surface area contributed by atoms with Crippen LogP contribution in [-0.4, -0.2) is 23.8 Å². The number of allylic oxidation sites excluding steroid dienone is 1. The molecule has 0 aliphatic carbocycles. The van der Waals surface area contributed by atoms with Crippen molar-refractivity contribution >= 4 is 11.4 Å². The normalized spacial score (nSPS) is 17.8. The van der Waals surface area contributed by atoms with Crippen molar-refractivity contribution in [2.75, 3.05) is 13.1 Å². The lowest BCUT2D eigenvalue weighted by Gasteiger charge is -2.32. The van der Waals surface area contributed by atoms with Crippen LogP contribution in [0.25, 0.3) is 5.57 Å². The number of Topliss-reactive ketones (excluding diaryl/α,β-unsaturated/α-hetero) is 1. The van der Waals surface area contributed by atoms with E-state index in [0.29, 0.717) is 17.7 Å². The predicted octanol–water partition coefficient (Wildman–Crippen LogP) is 5.43. The smallest absolute Gasteiger partial charge is 0.376 e. The van der Waals surface area contributed by atoms with Crippen LogP contribution >= 0.6 is 0 Å². The number of alkyl halides is 3. The van der Waals surface area contributed by atoms with Crippen molar-refractivity contribution in [3.8, 4) is 0 Å². The summed E-state index contributed by atoms with van der Waals surface area (Å²) in [5, 5.41) is 0. The Hall–Kier alpha value is -2.56. The van der Waals surface area contributed by atoms with Gasteiger partial charge < -0.3 is 4.90 Å². The first-order chi connectivity index (χ1) is 12.8. The van der Waals surface area contributed by atoms with E-state index in [4.69, 9.17) is 0 Å². The molecule has 0 N–H and O–H groups in total. The Morgan fingerprint density at radius 2 is 1.81 bits per heavy atom. The summed E-state index contributed by atoms with van der Waals surface area (Å²) < 4.78 is 39.3. The number of benzene rings is 2. The zero-order chi connectivity index (χ0) is 19.6. The van der Waals surface area contributed by atoms with Crippen LogP contribution in [0.2, 0.25) is 0 Å². The second-order valence-corrected chi connectivity index (χ2v) is 6.94. The molecular weight excluding hydrogens is 351 g/mol. The molecule has 0 bridgehead atoms. The van der Waals surface area contributed by atoms with Gasteiger partial charge in [0.1, 0.15) is 0 Å². The van der Waals surface area contributed by atoms with Gasteiger partial charge in [0.05, 0.1) is 11.5 Å². The van der Waals surface area contributed by atoms with Crippen LogP contribution in [0.1, 0.15) is 41.5 Å². The second-order valence-electron chi connectivity index (χ2n) is 6.94. The summed E-state index contributed by atoms with van der Waals surface area (Å²) in [6.07, 6.45) is -1.69. The maximum Gasteiger partial charge on any atom is 0.416 e. The monoisotopic (exact) mass is 373 g/mol. The lowest BCUT2D eigenvalue weighted by molar-refractivity contribution is -0.137. The number of carbonyl (C=O) groups is 1. The molecule has 0 fully saturated rings. The lowest BCUT2D eigenvalue weighted by Crippen LogP contribution is -2.34. The van der Waals surface area contributed by atoms with E-state index in [1.54, 1.807) is 6.07 Å². The molecule has 2 aromatic carbocycles. The van der Waals surface area contributed by atoms with Crippen molar-refractivity contribution in [2.45, 2.75) is 32.4 Å². The molecule has 1 unspecified atom stereocenters. The molecule has 27 heavy (non-hydrogen) atoms. The highest BCUT2D eigenvalue weighted by molar-refractivity contribution is 6.24. The molecule has 0 spiro atoms.